The van der Waals surface area contributed by atoms with Gasteiger partial charge in [0.1, 0.15) is 5.75 Å². The quantitative estimate of drug-likeness (QED) is 0.817. The summed E-state index contributed by atoms with van der Waals surface area (Å²) in [6.07, 6.45) is 0.178. The molecular formula is C15H14Cl2N2O2. The topological polar surface area (TPSA) is 64.3 Å². The van der Waals surface area contributed by atoms with Gasteiger partial charge in [-0.15, -0.1) is 0 Å². The fourth-order valence-electron chi connectivity index (χ4n) is 1.68. The van der Waals surface area contributed by atoms with Crippen molar-refractivity contribution in [3.05, 3.63) is 52.5 Å². The van der Waals surface area contributed by atoms with Crippen molar-refractivity contribution in [2.75, 3.05) is 17.7 Å². The van der Waals surface area contributed by atoms with Crippen LogP contribution in [0, 0.1) is 0 Å². The number of nitrogens with two attached hydrogens (primary N) is 1. The van der Waals surface area contributed by atoms with Crippen LogP contribution in [0.1, 0.15) is 6.42 Å². The lowest BCUT2D eigenvalue weighted by Gasteiger charge is -2.10. The van der Waals surface area contributed by atoms with Gasteiger partial charge in [-0.05, 0) is 24.3 Å². The molecule has 0 atom stereocenters. The second-order valence-electron chi connectivity index (χ2n) is 4.29. The van der Waals surface area contributed by atoms with Gasteiger partial charge in [0.2, 0.25) is 5.91 Å². The number of nitrogen functional groups attached to an aromatic ring is 1. The molecule has 2 aromatic rings. The molecule has 0 spiro atoms. The third kappa shape index (κ3) is 4.28. The Morgan fingerprint density at radius 2 is 1.90 bits per heavy atom. The predicted molar refractivity (Wildman–Crippen MR) is 86.1 cm³/mol. The normalized spacial score (nSPS) is 10.2. The van der Waals surface area contributed by atoms with E-state index in [0.717, 1.165) is 0 Å². The van der Waals surface area contributed by atoms with E-state index in [1.807, 2.05) is 12.1 Å². The molecule has 0 heterocycles. The zero-order chi connectivity index (χ0) is 15.2. The number of benzene rings is 2. The summed E-state index contributed by atoms with van der Waals surface area (Å²) >= 11 is 11.9. The summed E-state index contributed by atoms with van der Waals surface area (Å²) in [4.78, 5) is 11.8. The maximum atomic E-state index is 11.8. The molecule has 0 saturated heterocycles. The molecule has 2 rings (SSSR count). The molecule has 0 saturated carbocycles. The van der Waals surface area contributed by atoms with Crippen molar-refractivity contribution >= 4 is 40.5 Å². The van der Waals surface area contributed by atoms with Crippen LogP contribution in [0.25, 0.3) is 0 Å². The number of rotatable bonds is 5. The Bertz CT molecular complexity index is 647. The SMILES string of the molecule is Nc1ccccc1OCCC(=O)Nc1cccc(Cl)c1Cl. The van der Waals surface area contributed by atoms with Gasteiger partial charge in [-0.1, -0.05) is 41.4 Å². The minimum absolute atomic E-state index is 0.178. The Morgan fingerprint density at radius 3 is 2.67 bits per heavy atom. The van der Waals surface area contributed by atoms with Crippen LogP contribution in [-0.2, 0) is 4.79 Å². The number of ether oxygens (including phenoxy) is 1. The van der Waals surface area contributed by atoms with E-state index in [4.69, 9.17) is 33.7 Å². The number of carbonyl (C=O) groups is 1. The first-order valence-electron chi connectivity index (χ1n) is 6.29. The third-order valence-electron chi connectivity index (χ3n) is 2.73. The predicted octanol–water partition coefficient (Wildman–Crippen LogP) is 3.98. The van der Waals surface area contributed by atoms with Crippen LogP contribution in [-0.4, -0.2) is 12.5 Å². The fourth-order valence-corrected chi connectivity index (χ4v) is 2.03. The number of anilines is 2. The van der Waals surface area contributed by atoms with Crippen LogP contribution >= 0.6 is 23.2 Å². The number of halogens is 2. The van der Waals surface area contributed by atoms with Gasteiger partial charge in [0.15, 0.2) is 0 Å². The summed E-state index contributed by atoms with van der Waals surface area (Å²) in [5.74, 6) is 0.347. The van der Waals surface area contributed by atoms with E-state index in [0.29, 0.717) is 27.2 Å². The first-order valence-corrected chi connectivity index (χ1v) is 7.04. The van der Waals surface area contributed by atoms with Crippen molar-refractivity contribution < 1.29 is 9.53 Å². The van der Waals surface area contributed by atoms with Crippen LogP contribution in [0.15, 0.2) is 42.5 Å². The number of nitrogens with one attached hydrogen (secondary N) is 1. The average Bonchev–Trinajstić information content (AvgIpc) is 2.46. The molecule has 0 fully saturated rings. The van der Waals surface area contributed by atoms with Gasteiger partial charge in [0.05, 0.1) is 34.4 Å². The molecule has 0 bridgehead atoms. The molecule has 21 heavy (non-hydrogen) atoms. The van der Waals surface area contributed by atoms with Crippen molar-refractivity contribution in [1.82, 2.24) is 0 Å². The zero-order valence-corrected chi connectivity index (χ0v) is 12.6. The van der Waals surface area contributed by atoms with E-state index in [2.05, 4.69) is 5.32 Å². The Labute approximate surface area is 132 Å². The second-order valence-corrected chi connectivity index (χ2v) is 5.07. The van der Waals surface area contributed by atoms with Crippen molar-refractivity contribution in [2.24, 2.45) is 0 Å². The Kier molecular flexibility index (Phi) is 5.31. The third-order valence-corrected chi connectivity index (χ3v) is 3.55. The second kappa shape index (κ2) is 7.20. The van der Waals surface area contributed by atoms with Gasteiger partial charge in [0, 0.05) is 0 Å². The van der Waals surface area contributed by atoms with E-state index in [1.54, 1.807) is 30.3 Å². The van der Waals surface area contributed by atoms with Crippen LogP contribution in [0.4, 0.5) is 11.4 Å². The largest absolute Gasteiger partial charge is 0.491 e. The lowest BCUT2D eigenvalue weighted by Crippen LogP contribution is -2.15. The molecule has 6 heteroatoms. The van der Waals surface area contributed by atoms with Crippen molar-refractivity contribution in [3.8, 4) is 5.75 Å². The molecule has 2 aromatic carbocycles. The summed E-state index contributed by atoms with van der Waals surface area (Å²) < 4.78 is 5.45. The number of carbonyl (C=O) groups excluding carboxylic acids is 1. The maximum Gasteiger partial charge on any atom is 0.227 e. The number of para-hydroxylation sites is 2. The smallest absolute Gasteiger partial charge is 0.227 e. The lowest BCUT2D eigenvalue weighted by molar-refractivity contribution is -0.116. The average molecular weight is 325 g/mol. The van der Waals surface area contributed by atoms with Gasteiger partial charge in [-0.2, -0.15) is 0 Å². The minimum Gasteiger partial charge on any atom is -0.491 e. The molecule has 4 nitrogen and oxygen atoms in total. The molecule has 110 valence electrons. The van der Waals surface area contributed by atoms with Gasteiger partial charge >= 0.3 is 0 Å². The monoisotopic (exact) mass is 324 g/mol. The van der Waals surface area contributed by atoms with E-state index in [1.165, 1.54) is 0 Å². The molecule has 0 radical (unpaired) electrons. The van der Waals surface area contributed by atoms with Gasteiger partial charge in [-0.25, -0.2) is 0 Å². The van der Waals surface area contributed by atoms with E-state index in [-0.39, 0.29) is 18.9 Å². The summed E-state index contributed by atoms with van der Waals surface area (Å²) in [5.41, 5.74) is 6.76. The van der Waals surface area contributed by atoms with E-state index in [9.17, 15) is 4.79 Å². The van der Waals surface area contributed by atoms with Gasteiger partial charge in [-0.3, -0.25) is 4.79 Å². The van der Waals surface area contributed by atoms with Crippen LogP contribution in [0.5, 0.6) is 5.75 Å². The molecule has 0 aliphatic rings. The first kappa shape index (κ1) is 15.5. The molecular weight excluding hydrogens is 311 g/mol. The summed E-state index contributed by atoms with van der Waals surface area (Å²) in [6, 6.07) is 12.2. The molecule has 0 aromatic heterocycles. The summed E-state index contributed by atoms with van der Waals surface area (Å²) in [6.45, 7) is 0.220. The highest BCUT2D eigenvalue weighted by atomic mass is 35.5. The van der Waals surface area contributed by atoms with Crippen molar-refractivity contribution in [2.45, 2.75) is 6.42 Å². The van der Waals surface area contributed by atoms with E-state index < -0.39 is 0 Å². The van der Waals surface area contributed by atoms with Crippen molar-refractivity contribution in [1.29, 1.82) is 0 Å². The Hall–Kier alpha value is -1.91. The number of hydrogen-bond acceptors (Lipinski definition) is 3. The molecule has 3 N–H and O–H groups in total. The summed E-state index contributed by atoms with van der Waals surface area (Å²) in [5, 5.41) is 3.40. The molecule has 0 unspecified atom stereocenters. The summed E-state index contributed by atoms with van der Waals surface area (Å²) in [7, 11) is 0. The standard InChI is InChI=1S/C15H14Cl2N2O2/c16-10-4-3-6-12(15(10)17)19-14(20)8-9-21-13-7-2-1-5-11(13)18/h1-7H,8-9,18H2,(H,19,20). The van der Waals surface area contributed by atoms with Crippen LogP contribution in [0.2, 0.25) is 10.0 Å². The first-order chi connectivity index (χ1) is 10.1. The lowest BCUT2D eigenvalue weighted by atomic mass is 10.3. The van der Waals surface area contributed by atoms with Crippen LogP contribution in [0.3, 0.4) is 0 Å². The Morgan fingerprint density at radius 1 is 1.14 bits per heavy atom. The Balaban J connectivity index is 1.85. The zero-order valence-electron chi connectivity index (χ0n) is 11.1. The van der Waals surface area contributed by atoms with E-state index >= 15 is 0 Å². The van der Waals surface area contributed by atoms with Gasteiger partial charge in [0.25, 0.3) is 0 Å². The highest BCUT2D eigenvalue weighted by Crippen LogP contribution is 2.29. The minimum atomic E-state index is -0.214. The molecule has 0 aliphatic carbocycles. The fraction of sp³-hybridized carbons (Fsp3) is 0.133. The highest BCUT2D eigenvalue weighted by molar-refractivity contribution is 6.43. The number of hydrogen-bond donors (Lipinski definition) is 2. The maximum absolute atomic E-state index is 11.8. The van der Waals surface area contributed by atoms with Gasteiger partial charge < -0.3 is 15.8 Å². The van der Waals surface area contributed by atoms with Crippen LogP contribution < -0.4 is 15.8 Å². The molecule has 0 aliphatic heterocycles. The molecule has 1 amide bonds. The van der Waals surface area contributed by atoms with Crippen molar-refractivity contribution in [3.63, 3.8) is 0 Å². The highest BCUT2D eigenvalue weighted by Gasteiger charge is 2.08. The number of amides is 1.